The Labute approximate surface area is 100 Å². The van der Waals surface area contributed by atoms with Gasteiger partial charge in [-0.15, -0.1) is 0 Å². The molecule has 2 aromatic rings. The van der Waals surface area contributed by atoms with Gasteiger partial charge in [0.2, 0.25) is 0 Å². The van der Waals surface area contributed by atoms with E-state index in [0.29, 0.717) is 17.6 Å². The molecule has 0 saturated heterocycles. The first-order chi connectivity index (χ1) is 8.19. The van der Waals surface area contributed by atoms with Crippen LogP contribution in [-0.4, -0.2) is 9.97 Å². The Kier molecular flexibility index (Phi) is 3.39. The van der Waals surface area contributed by atoms with Gasteiger partial charge in [-0.05, 0) is 18.4 Å². The van der Waals surface area contributed by atoms with Crippen molar-refractivity contribution in [3.63, 3.8) is 0 Å². The van der Waals surface area contributed by atoms with E-state index in [0.717, 1.165) is 17.7 Å². The van der Waals surface area contributed by atoms with Gasteiger partial charge >= 0.3 is 0 Å². The van der Waals surface area contributed by atoms with Gasteiger partial charge in [-0.1, -0.05) is 13.8 Å². The van der Waals surface area contributed by atoms with Crippen LogP contribution in [0.4, 0.5) is 5.82 Å². The molecule has 2 rings (SSSR count). The Morgan fingerprint density at radius 2 is 2.24 bits per heavy atom. The molecule has 5 heteroatoms. The summed E-state index contributed by atoms with van der Waals surface area (Å²) < 4.78 is 5.03. The van der Waals surface area contributed by atoms with Gasteiger partial charge < -0.3 is 9.84 Å². The number of hydrazine groups is 1. The van der Waals surface area contributed by atoms with E-state index in [9.17, 15) is 0 Å². The van der Waals surface area contributed by atoms with Crippen LogP contribution in [0, 0.1) is 5.92 Å². The number of nitrogen functional groups attached to an aromatic ring is 1. The molecule has 17 heavy (non-hydrogen) atoms. The SMILES string of the molecule is CC(C)Cc1cc(NN)nc(-c2ccoc2)n1. The fraction of sp³-hybridized carbons (Fsp3) is 0.333. The fourth-order valence-corrected chi connectivity index (χ4v) is 1.62. The summed E-state index contributed by atoms with van der Waals surface area (Å²) in [6.07, 6.45) is 4.11. The third-order valence-corrected chi connectivity index (χ3v) is 2.32. The minimum Gasteiger partial charge on any atom is -0.472 e. The molecule has 2 aromatic heterocycles. The van der Waals surface area contributed by atoms with Crippen molar-refractivity contribution in [3.05, 3.63) is 30.4 Å². The number of nitrogens with one attached hydrogen (secondary N) is 1. The highest BCUT2D eigenvalue weighted by molar-refractivity contribution is 5.55. The maximum atomic E-state index is 5.41. The summed E-state index contributed by atoms with van der Waals surface area (Å²) in [4.78, 5) is 8.79. The summed E-state index contributed by atoms with van der Waals surface area (Å²) in [7, 11) is 0. The molecule has 0 fully saturated rings. The van der Waals surface area contributed by atoms with E-state index in [2.05, 4.69) is 29.2 Å². The number of hydrogen-bond donors (Lipinski definition) is 2. The van der Waals surface area contributed by atoms with Crippen molar-refractivity contribution >= 4 is 5.82 Å². The summed E-state index contributed by atoms with van der Waals surface area (Å²) in [5, 5.41) is 0. The summed E-state index contributed by atoms with van der Waals surface area (Å²) >= 11 is 0. The first-order valence-electron chi connectivity index (χ1n) is 5.56. The Hall–Kier alpha value is -1.88. The molecule has 3 N–H and O–H groups in total. The molecule has 2 heterocycles. The van der Waals surface area contributed by atoms with E-state index in [-0.39, 0.29) is 0 Å². The number of anilines is 1. The van der Waals surface area contributed by atoms with Crippen molar-refractivity contribution < 1.29 is 4.42 Å². The zero-order valence-corrected chi connectivity index (χ0v) is 9.97. The topological polar surface area (TPSA) is 77.0 Å². The Balaban J connectivity index is 2.38. The second-order valence-corrected chi connectivity index (χ2v) is 4.32. The normalized spacial score (nSPS) is 10.8. The van der Waals surface area contributed by atoms with Crippen molar-refractivity contribution in [2.45, 2.75) is 20.3 Å². The third-order valence-electron chi connectivity index (χ3n) is 2.32. The van der Waals surface area contributed by atoms with Gasteiger partial charge in [0.05, 0.1) is 11.8 Å². The van der Waals surface area contributed by atoms with Crippen molar-refractivity contribution in [3.8, 4) is 11.4 Å². The van der Waals surface area contributed by atoms with Crippen LogP contribution in [-0.2, 0) is 6.42 Å². The number of rotatable bonds is 4. The van der Waals surface area contributed by atoms with E-state index >= 15 is 0 Å². The molecule has 0 aliphatic heterocycles. The van der Waals surface area contributed by atoms with Gasteiger partial charge in [0.1, 0.15) is 12.1 Å². The molecule has 90 valence electrons. The number of nitrogens with zero attached hydrogens (tertiary/aromatic N) is 2. The van der Waals surface area contributed by atoms with Crippen LogP contribution in [0.2, 0.25) is 0 Å². The lowest BCUT2D eigenvalue weighted by molar-refractivity contribution is 0.568. The number of furan rings is 1. The van der Waals surface area contributed by atoms with Crippen LogP contribution >= 0.6 is 0 Å². The molecule has 0 aromatic carbocycles. The lowest BCUT2D eigenvalue weighted by Gasteiger charge is -2.08. The first kappa shape index (κ1) is 11.6. The molecule has 0 atom stereocenters. The van der Waals surface area contributed by atoms with E-state index in [4.69, 9.17) is 10.3 Å². The van der Waals surface area contributed by atoms with Crippen molar-refractivity contribution in [1.29, 1.82) is 0 Å². The lowest BCUT2D eigenvalue weighted by Crippen LogP contribution is -2.11. The van der Waals surface area contributed by atoms with Gasteiger partial charge in [0.25, 0.3) is 0 Å². The van der Waals surface area contributed by atoms with E-state index in [1.54, 1.807) is 12.5 Å². The molecule has 5 nitrogen and oxygen atoms in total. The van der Waals surface area contributed by atoms with Crippen LogP contribution in [0.25, 0.3) is 11.4 Å². The monoisotopic (exact) mass is 232 g/mol. The van der Waals surface area contributed by atoms with Gasteiger partial charge in [0, 0.05) is 11.8 Å². The summed E-state index contributed by atoms with van der Waals surface area (Å²) in [6, 6.07) is 3.69. The number of aromatic nitrogens is 2. The van der Waals surface area contributed by atoms with Crippen molar-refractivity contribution in [2.75, 3.05) is 5.43 Å². The van der Waals surface area contributed by atoms with Crippen LogP contribution < -0.4 is 11.3 Å². The minimum atomic E-state index is 0.535. The molecular formula is C12H16N4O. The highest BCUT2D eigenvalue weighted by Crippen LogP contribution is 2.19. The standard InChI is InChI=1S/C12H16N4O/c1-8(2)5-10-6-11(16-13)15-12(14-10)9-3-4-17-7-9/h3-4,6-8H,5,13H2,1-2H3,(H,14,15,16). The predicted octanol–water partition coefficient (Wildman–Crippen LogP) is 2.22. The molecular weight excluding hydrogens is 216 g/mol. The summed E-state index contributed by atoms with van der Waals surface area (Å²) in [5.41, 5.74) is 4.39. The van der Waals surface area contributed by atoms with Crippen LogP contribution in [0.3, 0.4) is 0 Å². The number of nitrogens with two attached hydrogens (primary N) is 1. The lowest BCUT2D eigenvalue weighted by atomic mass is 10.1. The Morgan fingerprint density at radius 3 is 2.82 bits per heavy atom. The summed E-state index contributed by atoms with van der Waals surface area (Å²) in [5.74, 6) is 7.19. The molecule has 0 radical (unpaired) electrons. The molecule has 0 unspecified atom stereocenters. The smallest absolute Gasteiger partial charge is 0.165 e. The quantitative estimate of drug-likeness (QED) is 0.624. The van der Waals surface area contributed by atoms with Gasteiger partial charge in [0.15, 0.2) is 5.82 Å². The Morgan fingerprint density at radius 1 is 1.41 bits per heavy atom. The van der Waals surface area contributed by atoms with E-state index in [1.807, 2.05) is 12.1 Å². The average molecular weight is 232 g/mol. The molecule has 0 saturated carbocycles. The third kappa shape index (κ3) is 2.82. The van der Waals surface area contributed by atoms with Crippen LogP contribution in [0.15, 0.2) is 29.1 Å². The molecule has 0 aliphatic carbocycles. The molecule has 0 amide bonds. The maximum absolute atomic E-state index is 5.41. The fourth-order valence-electron chi connectivity index (χ4n) is 1.62. The largest absolute Gasteiger partial charge is 0.472 e. The summed E-state index contributed by atoms with van der Waals surface area (Å²) in [6.45, 7) is 4.30. The number of hydrogen-bond acceptors (Lipinski definition) is 5. The highest BCUT2D eigenvalue weighted by Gasteiger charge is 2.08. The highest BCUT2D eigenvalue weighted by atomic mass is 16.3. The second kappa shape index (κ2) is 4.97. The van der Waals surface area contributed by atoms with E-state index in [1.165, 1.54) is 0 Å². The van der Waals surface area contributed by atoms with Crippen LogP contribution in [0.1, 0.15) is 19.5 Å². The van der Waals surface area contributed by atoms with E-state index < -0.39 is 0 Å². The average Bonchev–Trinajstić information content (AvgIpc) is 2.81. The van der Waals surface area contributed by atoms with Gasteiger partial charge in [-0.25, -0.2) is 15.8 Å². The van der Waals surface area contributed by atoms with Gasteiger partial charge in [-0.2, -0.15) is 0 Å². The second-order valence-electron chi connectivity index (χ2n) is 4.32. The first-order valence-corrected chi connectivity index (χ1v) is 5.56. The minimum absolute atomic E-state index is 0.535. The molecule has 0 aliphatic rings. The zero-order chi connectivity index (χ0) is 12.3. The van der Waals surface area contributed by atoms with Crippen LogP contribution in [0.5, 0.6) is 0 Å². The van der Waals surface area contributed by atoms with Crippen molar-refractivity contribution in [2.24, 2.45) is 11.8 Å². The predicted molar refractivity (Wildman–Crippen MR) is 66.1 cm³/mol. The zero-order valence-electron chi connectivity index (χ0n) is 9.97. The molecule has 0 bridgehead atoms. The van der Waals surface area contributed by atoms with Crippen molar-refractivity contribution in [1.82, 2.24) is 9.97 Å². The van der Waals surface area contributed by atoms with Gasteiger partial charge in [-0.3, -0.25) is 0 Å². The molecule has 0 spiro atoms. The maximum Gasteiger partial charge on any atom is 0.165 e. The Bertz CT molecular complexity index is 479.